The van der Waals surface area contributed by atoms with Gasteiger partial charge in [-0.3, -0.25) is 9.58 Å². The summed E-state index contributed by atoms with van der Waals surface area (Å²) in [7, 11) is 1.94. The molecular formula is C20H27N3O2. The number of benzene rings is 1. The third kappa shape index (κ3) is 4.05. The molecule has 2 aromatic rings. The zero-order valence-corrected chi connectivity index (χ0v) is 14.8. The number of aryl methyl sites for hydroxylation is 1. The molecule has 2 heterocycles. The van der Waals surface area contributed by atoms with Crippen molar-refractivity contribution in [1.29, 1.82) is 0 Å². The highest BCUT2D eigenvalue weighted by atomic mass is 16.5. The molecule has 2 atom stereocenters. The molecule has 1 aliphatic carbocycles. The molecule has 5 heteroatoms. The molecule has 25 heavy (non-hydrogen) atoms. The summed E-state index contributed by atoms with van der Waals surface area (Å²) in [5.74, 6) is 2.40. The summed E-state index contributed by atoms with van der Waals surface area (Å²) >= 11 is 0. The molecule has 0 bridgehead atoms. The van der Waals surface area contributed by atoms with Crippen molar-refractivity contribution in [3.63, 3.8) is 0 Å². The Labute approximate surface area is 149 Å². The summed E-state index contributed by atoms with van der Waals surface area (Å²) in [5, 5.41) is 14.0. The molecular weight excluding hydrogens is 314 g/mol. The smallest absolute Gasteiger partial charge is 0.119 e. The monoisotopic (exact) mass is 341 g/mol. The second-order valence-electron chi connectivity index (χ2n) is 7.59. The van der Waals surface area contributed by atoms with E-state index in [9.17, 15) is 5.11 Å². The number of rotatable bonds is 7. The van der Waals surface area contributed by atoms with Crippen molar-refractivity contribution in [2.45, 2.75) is 25.3 Å². The zero-order valence-electron chi connectivity index (χ0n) is 14.8. The van der Waals surface area contributed by atoms with E-state index in [2.05, 4.69) is 40.5 Å². The van der Waals surface area contributed by atoms with Gasteiger partial charge in [0, 0.05) is 51.3 Å². The summed E-state index contributed by atoms with van der Waals surface area (Å²) in [4.78, 5) is 2.43. The van der Waals surface area contributed by atoms with Crippen LogP contribution in [0.25, 0.3) is 0 Å². The standard InChI is InChI=1S/C20H27N3O2/c1-22-10-17(8-21-22)20-12-23(11-18(20)13-24)9-15-4-6-19(7-5-15)25-14-16-2-3-16/h4-8,10,16,18,20,24H,2-3,9,11-14H2,1H3/t18-,20-/m0/s1. The van der Waals surface area contributed by atoms with Gasteiger partial charge in [0.25, 0.3) is 0 Å². The van der Waals surface area contributed by atoms with Crippen LogP contribution in [0.1, 0.15) is 29.9 Å². The van der Waals surface area contributed by atoms with Gasteiger partial charge in [-0.25, -0.2) is 0 Å². The number of aliphatic hydroxyl groups excluding tert-OH is 1. The molecule has 1 N–H and O–H groups in total. The van der Waals surface area contributed by atoms with Crippen molar-refractivity contribution in [2.75, 3.05) is 26.3 Å². The lowest BCUT2D eigenvalue weighted by atomic mass is 9.92. The number of nitrogens with zero attached hydrogens (tertiary/aromatic N) is 3. The predicted molar refractivity (Wildman–Crippen MR) is 96.5 cm³/mol. The van der Waals surface area contributed by atoms with Crippen molar-refractivity contribution in [3.05, 3.63) is 47.8 Å². The summed E-state index contributed by atoms with van der Waals surface area (Å²) in [6, 6.07) is 8.48. The van der Waals surface area contributed by atoms with Crippen molar-refractivity contribution >= 4 is 0 Å². The van der Waals surface area contributed by atoms with Gasteiger partial charge in [-0.1, -0.05) is 12.1 Å². The van der Waals surface area contributed by atoms with Crippen LogP contribution in [-0.2, 0) is 13.6 Å². The van der Waals surface area contributed by atoms with Crippen LogP contribution >= 0.6 is 0 Å². The van der Waals surface area contributed by atoms with E-state index in [1.807, 2.05) is 17.9 Å². The van der Waals surface area contributed by atoms with Gasteiger partial charge in [0.05, 0.1) is 12.8 Å². The fraction of sp³-hybridized carbons (Fsp3) is 0.550. The molecule has 1 saturated carbocycles. The van der Waals surface area contributed by atoms with Gasteiger partial charge in [0.15, 0.2) is 0 Å². The molecule has 4 rings (SSSR count). The van der Waals surface area contributed by atoms with E-state index >= 15 is 0 Å². The van der Waals surface area contributed by atoms with Gasteiger partial charge in [0.2, 0.25) is 0 Å². The van der Waals surface area contributed by atoms with Gasteiger partial charge in [-0.2, -0.15) is 5.10 Å². The summed E-state index contributed by atoms with van der Waals surface area (Å²) in [6.07, 6.45) is 6.64. The quantitative estimate of drug-likeness (QED) is 0.840. The molecule has 1 aromatic carbocycles. The normalized spacial score (nSPS) is 23.9. The maximum atomic E-state index is 9.76. The first-order valence-electron chi connectivity index (χ1n) is 9.25. The van der Waals surface area contributed by atoms with E-state index in [4.69, 9.17) is 4.74 Å². The SMILES string of the molecule is Cn1cc([C@@H]2CN(Cc3ccc(OCC4CC4)cc3)C[C@H]2CO)cn1. The minimum absolute atomic E-state index is 0.226. The van der Waals surface area contributed by atoms with E-state index in [0.29, 0.717) is 5.92 Å². The Morgan fingerprint density at radius 2 is 2.00 bits per heavy atom. The molecule has 1 aliphatic heterocycles. The molecule has 0 radical (unpaired) electrons. The molecule has 134 valence electrons. The third-order valence-electron chi connectivity index (χ3n) is 5.42. The second kappa shape index (κ2) is 7.18. The van der Waals surface area contributed by atoms with Crippen molar-refractivity contribution < 1.29 is 9.84 Å². The van der Waals surface area contributed by atoms with Gasteiger partial charge in [0.1, 0.15) is 5.75 Å². The minimum Gasteiger partial charge on any atom is -0.493 e. The van der Waals surface area contributed by atoms with Crippen LogP contribution in [0, 0.1) is 11.8 Å². The minimum atomic E-state index is 0.226. The lowest BCUT2D eigenvalue weighted by molar-refractivity contribution is 0.214. The Morgan fingerprint density at radius 1 is 1.20 bits per heavy atom. The van der Waals surface area contributed by atoms with Crippen LogP contribution in [0.3, 0.4) is 0 Å². The Hall–Kier alpha value is -1.85. The summed E-state index contributed by atoms with van der Waals surface area (Å²) < 4.78 is 7.65. The maximum absolute atomic E-state index is 9.76. The Bertz CT molecular complexity index is 693. The fourth-order valence-corrected chi connectivity index (χ4v) is 3.73. The van der Waals surface area contributed by atoms with Gasteiger partial charge in [-0.15, -0.1) is 0 Å². The van der Waals surface area contributed by atoms with Crippen molar-refractivity contribution in [1.82, 2.24) is 14.7 Å². The molecule has 1 aromatic heterocycles. The molecule has 2 aliphatic rings. The second-order valence-corrected chi connectivity index (χ2v) is 7.59. The Morgan fingerprint density at radius 3 is 2.64 bits per heavy atom. The van der Waals surface area contributed by atoms with Crippen molar-refractivity contribution in [3.8, 4) is 5.75 Å². The highest BCUT2D eigenvalue weighted by Gasteiger charge is 2.33. The molecule has 2 fully saturated rings. The number of aromatic nitrogens is 2. The number of hydrogen-bond donors (Lipinski definition) is 1. The van der Waals surface area contributed by atoms with Crippen LogP contribution in [0.15, 0.2) is 36.7 Å². The average molecular weight is 341 g/mol. The predicted octanol–water partition coefficient (Wildman–Crippen LogP) is 2.42. The lowest BCUT2D eigenvalue weighted by Crippen LogP contribution is -2.20. The Balaban J connectivity index is 1.35. The van der Waals surface area contributed by atoms with Crippen molar-refractivity contribution in [2.24, 2.45) is 18.9 Å². The van der Waals surface area contributed by atoms with Gasteiger partial charge >= 0.3 is 0 Å². The number of likely N-dealkylation sites (tertiary alicyclic amines) is 1. The first kappa shape index (κ1) is 16.6. The highest BCUT2D eigenvalue weighted by Crippen LogP contribution is 2.33. The third-order valence-corrected chi connectivity index (χ3v) is 5.42. The van der Waals surface area contributed by atoms with Gasteiger partial charge in [-0.05, 0) is 42.0 Å². The van der Waals surface area contributed by atoms with Crippen LogP contribution in [0.4, 0.5) is 0 Å². The molecule has 1 saturated heterocycles. The van der Waals surface area contributed by atoms with E-state index < -0.39 is 0 Å². The van der Waals surface area contributed by atoms with Crippen LogP contribution in [-0.4, -0.2) is 46.1 Å². The highest BCUT2D eigenvalue weighted by molar-refractivity contribution is 5.27. The maximum Gasteiger partial charge on any atom is 0.119 e. The average Bonchev–Trinajstić information content (AvgIpc) is 3.22. The number of hydrogen-bond acceptors (Lipinski definition) is 4. The molecule has 0 unspecified atom stereocenters. The van der Waals surface area contributed by atoms with E-state index in [1.165, 1.54) is 24.0 Å². The summed E-state index contributed by atoms with van der Waals surface area (Å²) in [6.45, 7) is 3.89. The molecule has 0 amide bonds. The topological polar surface area (TPSA) is 50.5 Å². The van der Waals surface area contributed by atoms with E-state index in [1.54, 1.807) is 0 Å². The molecule has 5 nitrogen and oxygen atoms in total. The number of ether oxygens (including phenoxy) is 1. The van der Waals surface area contributed by atoms with Crippen LogP contribution in [0.5, 0.6) is 5.75 Å². The lowest BCUT2D eigenvalue weighted by Gasteiger charge is -2.16. The van der Waals surface area contributed by atoms with Crippen LogP contribution in [0.2, 0.25) is 0 Å². The number of aliphatic hydroxyl groups is 1. The first-order chi connectivity index (χ1) is 12.2. The van der Waals surface area contributed by atoms with E-state index in [0.717, 1.165) is 37.9 Å². The van der Waals surface area contributed by atoms with Gasteiger partial charge < -0.3 is 9.84 Å². The van der Waals surface area contributed by atoms with Crippen LogP contribution < -0.4 is 4.74 Å². The zero-order chi connectivity index (χ0) is 17.2. The summed E-state index contributed by atoms with van der Waals surface area (Å²) in [5.41, 5.74) is 2.52. The largest absolute Gasteiger partial charge is 0.493 e. The fourth-order valence-electron chi connectivity index (χ4n) is 3.73. The first-order valence-corrected chi connectivity index (χ1v) is 9.25. The Kier molecular flexibility index (Phi) is 4.77. The molecule has 0 spiro atoms. The van der Waals surface area contributed by atoms with E-state index in [-0.39, 0.29) is 12.5 Å².